The van der Waals surface area contributed by atoms with Crippen LogP contribution in [0.5, 0.6) is 0 Å². The maximum Gasteiger partial charge on any atom is 0.408 e. The second-order valence-corrected chi connectivity index (χ2v) is 8.92. The van der Waals surface area contributed by atoms with Crippen molar-refractivity contribution in [2.75, 3.05) is 6.61 Å². The van der Waals surface area contributed by atoms with E-state index in [1.807, 2.05) is 48.5 Å². The van der Waals surface area contributed by atoms with Crippen LogP contribution in [0.25, 0.3) is 11.1 Å². The first-order valence-electron chi connectivity index (χ1n) is 11.4. The van der Waals surface area contributed by atoms with E-state index in [1.54, 1.807) is 27.1 Å². The lowest BCUT2D eigenvalue weighted by Crippen LogP contribution is -2.49. The molecule has 2 amide bonds. The molecule has 9 nitrogen and oxygen atoms in total. The van der Waals surface area contributed by atoms with Crippen LogP contribution in [-0.4, -0.2) is 45.5 Å². The summed E-state index contributed by atoms with van der Waals surface area (Å²) in [5.41, 5.74) is 4.77. The average molecular weight is 477 g/mol. The molecule has 1 aliphatic rings. The first kappa shape index (κ1) is 24.0. The zero-order valence-electron chi connectivity index (χ0n) is 19.8. The summed E-state index contributed by atoms with van der Waals surface area (Å²) in [6, 6.07) is 13.7. The first-order valence-corrected chi connectivity index (χ1v) is 11.4. The number of amides is 2. The number of carboxylic acid groups (broad SMARTS) is 1. The number of ether oxygens (including phenoxy) is 1. The van der Waals surface area contributed by atoms with E-state index in [4.69, 9.17) is 4.74 Å². The fourth-order valence-corrected chi connectivity index (χ4v) is 4.40. The Hall–Kier alpha value is -4.14. The summed E-state index contributed by atoms with van der Waals surface area (Å²) in [5, 5.41) is 18.6. The van der Waals surface area contributed by atoms with E-state index in [1.165, 1.54) is 10.9 Å². The molecule has 3 N–H and O–H groups in total. The summed E-state index contributed by atoms with van der Waals surface area (Å²) < 4.78 is 7.07. The number of aryl methyl sites for hydroxylation is 1. The highest BCUT2D eigenvalue weighted by Crippen LogP contribution is 2.44. The number of alkyl carbamates (subject to hydrolysis) is 1. The largest absolute Gasteiger partial charge is 0.480 e. The minimum Gasteiger partial charge on any atom is -0.480 e. The Morgan fingerprint density at radius 2 is 1.63 bits per heavy atom. The predicted molar refractivity (Wildman–Crippen MR) is 129 cm³/mol. The monoisotopic (exact) mass is 476 g/mol. The summed E-state index contributed by atoms with van der Waals surface area (Å²) in [4.78, 5) is 37.4. The van der Waals surface area contributed by atoms with E-state index >= 15 is 0 Å². The molecular weight excluding hydrogens is 448 g/mol. The maximum atomic E-state index is 13.0. The third-order valence-corrected chi connectivity index (χ3v) is 6.16. The average Bonchev–Trinajstić information content (AvgIpc) is 3.40. The van der Waals surface area contributed by atoms with Gasteiger partial charge in [-0.1, -0.05) is 62.4 Å². The molecule has 2 aromatic carbocycles. The summed E-state index contributed by atoms with van der Waals surface area (Å²) in [6.07, 6.45) is 2.24. The van der Waals surface area contributed by atoms with Crippen molar-refractivity contribution < 1.29 is 24.2 Å². The molecule has 1 aromatic heterocycles. The second-order valence-electron chi connectivity index (χ2n) is 8.92. The molecule has 1 aliphatic carbocycles. The van der Waals surface area contributed by atoms with Crippen LogP contribution in [0.4, 0.5) is 4.79 Å². The van der Waals surface area contributed by atoms with E-state index in [0.717, 1.165) is 22.3 Å². The number of hydrogen-bond donors (Lipinski definition) is 3. The number of aromatic nitrogens is 2. The molecule has 2 atom stereocenters. The Labute approximate surface area is 203 Å². The van der Waals surface area contributed by atoms with Crippen LogP contribution in [0.1, 0.15) is 42.5 Å². The van der Waals surface area contributed by atoms with Crippen molar-refractivity contribution in [2.24, 2.45) is 13.0 Å². The number of benzene rings is 2. The third kappa shape index (κ3) is 5.03. The van der Waals surface area contributed by atoms with E-state index < -0.39 is 30.1 Å². The standard InChI is InChI=1S/C26H28N4O5/c1-15(2)22(25(32)33)28-24(31)23(16-12-27-30(3)13-16)29-26(34)35-14-21-19-10-6-4-8-17(19)18-9-5-7-11-20(18)21/h4-13,15,21-23H,14H2,1-3H3,(H,28,31)(H,29,34)(H,32,33)/t22-,23?/m0/s1. The molecule has 0 radical (unpaired) electrons. The Bertz CT molecular complexity index is 1210. The summed E-state index contributed by atoms with van der Waals surface area (Å²) in [5.74, 6) is -2.29. The van der Waals surface area contributed by atoms with Gasteiger partial charge < -0.3 is 20.5 Å². The molecule has 0 spiro atoms. The quantitative estimate of drug-likeness (QED) is 0.459. The Morgan fingerprint density at radius 3 is 2.14 bits per heavy atom. The fourth-order valence-electron chi connectivity index (χ4n) is 4.40. The zero-order chi connectivity index (χ0) is 25.1. The number of aliphatic carboxylic acids is 1. The van der Waals surface area contributed by atoms with Gasteiger partial charge in [-0.05, 0) is 28.2 Å². The number of nitrogens with one attached hydrogen (secondary N) is 2. The smallest absolute Gasteiger partial charge is 0.408 e. The van der Waals surface area contributed by atoms with Crippen molar-refractivity contribution in [1.29, 1.82) is 0 Å². The van der Waals surface area contributed by atoms with Gasteiger partial charge in [-0.2, -0.15) is 5.10 Å². The summed E-state index contributed by atoms with van der Waals surface area (Å²) in [7, 11) is 1.68. The molecule has 0 saturated carbocycles. The van der Waals surface area contributed by atoms with Crippen LogP contribution >= 0.6 is 0 Å². The van der Waals surface area contributed by atoms with Gasteiger partial charge in [0.2, 0.25) is 5.91 Å². The van der Waals surface area contributed by atoms with Crippen LogP contribution in [0.3, 0.4) is 0 Å². The van der Waals surface area contributed by atoms with Gasteiger partial charge in [-0.15, -0.1) is 0 Å². The van der Waals surface area contributed by atoms with Gasteiger partial charge in [0.05, 0.1) is 6.20 Å². The lowest BCUT2D eigenvalue weighted by molar-refractivity contribution is -0.143. The highest BCUT2D eigenvalue weighted by atomic mass is 16.5. The number of nitrogens with zero attached hydrogens (tertiary/aromatic N) is 2. The summed E-state index contributed by atoms with van der Waals surface area (Å²) >= 11 is 0. The molecule has 0 fully saturated rings. The normalized spacial score (nSPS) is 14.1. The predicted octanol–water partition coefficient (Wildman–Crippen LogP) is 3.23. The number of fused-ring (bicyclic) bond motifs is 3. The van der Waals surface area contributed by atoms with Crippen molar-refractivity contribution in [3.05, 3.63) is 77.6 Å². The number of carboxylic acids is 1. The van der Waals surface area contributed by atoms with Gasteiger partial charge in [0.25, 0.3) is 0 Å². The molecule has 9 heteroatoms. The van der Waals surface area contributed by atoms with E-state index in [9.17, 15) is 19.5 Å². The zero-order valence-corrected chi connectivity index (χ0v) is 19.8. The van der Waals surface area contributed by atoms with Gasteiger partial charge >= 0.3 is 12.1 Å². The number of carbonyl (C=O) groups is 3. The van der Waals surface area contributed by atoms with Crippen LogP contribution in [0, 0.1) is 5.92 Å². The molecular formula is C26H28N4O5. The van der Waals surface area contributed by atoms with Crippen molar-refractivity contribution in [3.8, 4) is 11.1 Å². The highest BCUT2D eigenvalue weighted by molar-refractivity contribution is 5.90. The first-order chi connectivity index (χ1) is 16.8. The Morgan fingerprint density at radius 1 is 1.03 bits per heavy atom. The molecule has 182 valence electrons. The van der Waals surface area contributed by atoms with Gasteiger partial charge in [0, 0.05) is 24.7 Å². The Kier molecular flexibility index (Phi) is 6.86. The molecule has 3 aromatic rings. The van der Waals surface area contributed by atoms with Crippen molar-refractivity contribution in [1.82, 2.24) is 20.4 Å². The minimum absolute atomic E-state index is 0.0883. The van der Waals surface area contributed by atoms with E-state index in [-0.39, 0.29) is 18.4 Å². The number of hydrogen-bond acceptors (Lipinski definition) is 5. The van der Waals surface area contributed by atoms with E-state index in [2.05, 4.69) is 15.7 Å². The Balaban J connectivity index is 1.49. The van der Waals surface area contributed by atoms with Gasteiger partial charge in [-0.3, -0.25) is 9.48 Å². The van der Waals surface area contributed by atoms with Crippen molar-refractivity contribution >= 4 is 18.0 Å². The van der Waals surface area contributed by atoms with Gasteiger partial charge in [-0.25, -0.2) is 9.59 Å². The van der Waals surface area contributed by atoms with E-state index in [0.29, 0.717) is 5.56 Å². The minimum atomic E-state index is -1.17. The molecule has 1 unspecified atom stereocenters. The lowest BCUT2D eigenvalue weighted by Gasteiger charge is -2.23. The van der Waals surface area contributed by atoms with Gasteiger partial charge in [0.1, 0.15) is 18.7 Å². The second kappa shape index (κ2) is 10.0. The molecule has 0 bridgehead atoms. The van der Waals surface area contributed by atoms with Crippen LogP contribution in [0.2, 0.25) is 0 Å². The fraction of sp³-hybridized carbons (Fsp3) is 0.308. The van der Waals surface area contributed by atoms with Crippen LogP contribution < -0.4 is 10.6 Å². The van der Waals surface area contributed by atoms with Crippen molar-refractivity contribution in [3.63, 3.8) is 0 Å². The highest BCUT2D eigenvalue weighted by Gasteiger charge is 2.32. The SMILES string of the molecule is CC(C)[C@H](NC(=O)C(NC(=O)OCC1c2ccccc2-c2ccccc21)c1cnn(C)c1)C(=O)O. The molecule has 4 rings (SSSR count). The number of rotatable bonds is 8. The maximum absolute atomic E-state index is 13.0. The van der Waals surface area contributed by atoms with Crippen LogP contribution in [-0.2, 0) is 21.4 Å². The lowest BCUT2D eigenvalue weighted by atomic mass is 9.98. The van der Waals surface area contributed by atoms with Gasteiger partial charge in [0.15, 0.2) is 0 Å². The topological polar surface area (TPSA) is 123 Å². The summed E-state index contributed by atoms with van der Waals surface area (Å²) in [6.45, 7) is 3.47. The molecule has 1 heterocycles. The molecule has 35 heavy (non-hydrogen) atoms. The van der Waals surface area contributed by atoms with Crippen molar-refractivity contribution in [2.45, 2.75) is 31.8 Å². The molecule has 0 aliphatic heterocycles. The van der Waals surface area contributed by atoms with Crippen LogP contribution in [0.15, 0.2) is 60.9 Å². The number of carbonyl (C=O) groups excluding carboxylic acids is 2. The molecule has 0 saturated heterocycles. The third-order valence-electron chi connectivity index (χ3n) is 6.16.